The molecule has 2 aliphatic carbocycles. The molecular weight excluding hydrogens is 488 g/mol. The highest BCUT2D eigenvalue weighted by Gasteiger charge is 2.31. The maximum atomic E-state index is 14.4. The van der Waals surface area contributed by atoms with Gasteiger partial charge in [-0.25, -0.2) is 13.8 Å². The van der Waals surface area contributed by atoms with Crippen LogP contribution < -0.4 is 16.0 Å². The quantitative estimate of drug-likeness (QED) is 0.344. The van der Waals surface area contributed by atoms with E-state index in [-0.39, 0.29) is 17.5 Å². The van der Waals surface area contributed by atoms with Crippen molar-refractivity contribution in [1.82, 2.24) is 20.2 Å². The Balaban J connectivity index is 1.32. The van der Waals surface area contributed by atoms with Gasteiger partial charge in [0.2, 0.25) is 5.91 Å². The van der Waals surface area contributed by atoms with E-state index in [4.69, 9.17) is 0 Å². The highest BCUT2D eigenvalue weighted by atomic mass is 19.1. The van der Waals surface area contributed by atoms with Gasteiger partial charge in [-0.05, 0) is 69.6 Å². The van der Waals surface area contributed by atoms with Crippen LogP contribution in [0.1, 0.15) is 83.3 Å². The number of amides is 1. The molecule has 0 bridgehead atoms. The molecule has 210 valence electrons. The summed E-state index contributed by atoms with van der Waals surface area (Å²) in [4.78, 5) is 17.6. The molecule has 1 aromatic carbocycles. The number of nitrogens with one attached hydrogen (secondary N) is 3. The van der Waals surface area contributed by atoms with Gasteiger partial charge in [-0.2, -0.15) is 0 Å². The summed E-state index contributed by atoms with van der Waals surface area (Å²) in [6.07, 6.45) is 11.8. The first-order valence-corrected chi connectivity index (χ1v) is 14.1. The molecule has 1 aromatic heterocycles. The van der Waals surface area contributed by atoms with E-state index in [1.165, 1.54) is 12.5 Å². The second kappa shape index (κ2) is 12.2. The van der Waals surface area contributed by atoms with Crippen molar-refractivity contribution in [1.29, 1.82) is 0 Å². The fourth-order valence-corrected chi connectivity index (χ4v) is 5.80. The number of aryl methyl sites for hydroxylation is 1. The predicted molar refractivity (Wildman–Crippen MR) is 145 cm³/mol. The van der Waals surface area contributed by atoms with Gasteiger partial charge >= 0.3 is 0 Å². The predicted octanol–water partition coefficient (Wildman–Crippen LogP) is 4.44. The maximum absolute atomic E-state index is 14.4. The van der Waals surface area contributed by atoms with Crippen molar-refractivity contribution in [2.24, 2.45) is 0 Å². The third kappa shape index (κ3) is 7.18. The average Bonchev–Trinajstić information content (AvgIpc) is 3.34. The van der Waals surface area contributed by atoms with E-state index in [9.17, 15) is 18.7 Å². The lowest BCUT2D eigenvalue weighted by Gasteiger charge is -2.34. The molecule has 0 aliphatic heterocycles. The van der Waals surface area contributed by atoms with Crippen LogP contribution in [0.3, 0.4) is 0 Å². The first-order chi connectivity index (χ1) is 18.1. The largest absolute Gasteiger partial charge is 0.389 e. The van der Waals surface area contributed by atoms with E-state index in [2.05, 4.69) is 34.8 Å². The average molecular weight is 532 g/mol. The SMILES string of the molecule is CCC[C@H](N[C@H]1CCc2cc(F)cc(F)c2C1)C(=O)Nc1cn(C(C)(C)CNCC2(O)CCCCC2)cn1. The molecule has 9 heteroatoms. The summed E-state index contributed by atoms with van der Waals surface area (Å²) in [5.74, 6) is -0.750. The lowest BCUT2D eigenvalue weighted by atomic mass is 9.85. The molecule has 2 atom stereocenters. The Morgan fingerprint density at radius 2 is 2.03 bits per heavy atom. The van der Waals surface area contributed by atoms with Gasteiger partial charge in [0.25, 0.3) is 0 Å². The lowest BCUT2D eigenvalue weighted by Crippen LogP contribution is -2.48. The Hall–Kier alpha value is -2.36. The second-order valence-corrected chi connectivity index (χ2v) is 11.8. The van der Waals surface area contributed by atoms with Crippen LogP contribution in [0.15, 0.2) is 24.7 Å². The van der Waals surface area contributed by atoms with Crippen LogP contribution in [-0.4, -0.2) is 51.3 Å². The molecule has 0 saturated heterocycles. The number of benzene rings is 1. The van der Waals surface area contributed by atoms with Crippen molar-refractivity contribution in [3.63, 3.8) is 0 Å². The number of fused-ring (bicyclic) bond motifs is 1. The molecule has 0 spiro atoms. The molecule has 7 nitrogen and oxygen atoms in total. The van der Waals surface area contributed by atoms with E-state index in [0.29, 0.717) is 55.7 Å². The van der Waals surface area contributed by atoms with Crippen molar-refractivity contribution >= 4 is 11.7 Å². The monoisotopic (exact) mass is 531 g/mol. The van der Waals surface area contributed by atoms with E-state index in [0.717, 1.165) is 38.2 Å². The number of hydrogen-bond acceptors (Lipinski definition) is 5. The van der Waals surface area contributed by atoms with Gasteiger partial charge in [0, 0.05) is 31.4 Å². The first-order valence-electron chi connectivity index (χ1n) is 14.1. The van der Waals surface area contributed by atoms with Gasteiger partial charge in [-0.1, -0.05) is 32.6 Å². The van der Waals surface area contributed by atoms with Crippen LogP contribution in [0, 0.1) is 11.6 Å². The van der Waals surface area contributed by atoms with E-state index in [1.54, 1.807) is 6.33 Å². The topological polar surface area (TPSA) is 91.2 Å². The number of carbonyl (C=O) groups excluding carboxylic acids is 1. The normalized spacial score (nSPS) is 20.1. The van der Waals surface area contributed by atoms with Crippen molar-refractivity contribution < 1.29 is 18.7 Å². The molecule has 4 rings (SSSR count). The minimum atomic E-state index is -0.619. The molecule has 4 N–H and O–H groups in total. The highest BCUT2D eigenvalue weighted by molar-refractivity contribution is 5.94. The van der Waals surface area contributed by atoms with Crippen LogP contribution >= 0.6 is 0 Å². The van der Waals surface area contributed by atoms with Gasteiger partial charge in [-0.15, -0.1) is 0 Å². The minimum Gasteiger partial charge on any atom is -0.389 e. The molecule has 2 aromatic rings. The van der Waals surface area contributed by atoms with Gasteiger partial charge in [-0.3, -0.25) is 4.79 Å². The van der Waals surface area contributed by atoms with Gasteiger partial charge in [0.15, 0.2) is 5.82 Å². The summed E-state index contributed by atoms with van der Waals surface area (Å²) in [5.41, 5.74) is 0.330. The van der Waals surface area contributed by atoms with Crippen LogP contribution in [0.4, 0.5) is 14.6 Å². The number of carbonyl (C=O) groups is 1. The molecule has 38 heavy (non-hydrogen) atoms. The molecule has 1 amide bonds. The molecule has 1 heterocycles. The summed E-state index contributed by atoms with van der Waals surface area (Å²) in [6, 6.07) is 1.84. The molecule has 1 saturated carbocycles. The summed E-state index contributed by atoms with van der Waals surface area (Å²) < 4.78 is 29.9. The Kier molecular flexibility index (Phi) is 9.21. The molecule has 0 radical (unpaired) electrons. The Morgan fingerprint density at radius 3 is 2.76 bits per heavy atom. The van der Waals surface area contributed by atoms with Gasteiger partial charge in [0.1, 0.15) is 11.6 Å². The number of aliphatic hydroxyl groups is 1. The van der Waals surface area contributed by atoms with Crippen LogP contribution in [0.25, 0.3) is 0 Å². The summed E-state index contributed by atoms with van der Waals surface area (Å²) in [6.45, 7) is 7.43. The number of imidazole rings is 1. The summed E-state index contributed by atoms with van der Waals surface area (Å²) >= 11 is 0. The molecule has 0 unspecified atom stereocenters. The second-order valence-electron chi connectivity index (χ2n) is 11.8. The van der Waals surface area contributed by atoms with E-state index >= 15 is 0 Å². The third-order valence-electron chi connectivity index (χ3n) is 8.12. The van der Waals surface area contributed by atoms with Crippen LogP contribution in [0.5, 0.6) is 0 Å². The Labute approximate surface area is 224 Å². The van der Waals surface area contributed by atoms with Gasteiger partial charge in [0.05, 0.1) is 23.5 Å². The van der Waals surface area contributed by atoms with Crippen molar-refractivity contribution in [2.75, 3.05) is 18.4 Å². The fraction of sp³-hybridized carbons (Fsp3) is 0.655. The highest BCUT2D eigenvalue weighted by Crippen LogP contribution is 2.28. The zero-order valence-corrected chi connectivity index (χ0v) is 23.0. The lowest BCUT2D eigenvalue weighted by molar-refractivity contribution is -0.118. The summed E-state index contributed by atoms with van der Waals surface area (Å²) in [5, 5.41) is 20.6. The number of rotatable bonds is 11. The first kappa shape index (κ1) is 28.6. The van der Waals surface area contributed by atoms with E-state index < -0.39 is 23.3 Å². The zero-order chi connectivity index (χ0) is 27.3. The molecule has 1 fully saturated rings. The van der Waals surface area contributed by atoms with E-state index in [1.807, 2.05) is 17.7 Å². The zero-order valence-electron chi connectivity index (χ0n) is 23.0. The third-order valence-corrected chi connectivity index (χ3v) is 8.12. The number of aromatic nitrogens is 2. The van der Waals surface area contributed by atoms with Crippen molar-refractivity contribution in [2.45, 2.75) is 108 Å². The Bertz CT molecular complexity index is 1100. The number of nitrogens with zero attached hydrogens (tertiary/aromatic N) is 2. The van der Waals surface area contributed by atoms with Crippen molar-refractivity contribution in [3.05, 3.63) is 47.4 Å². The fourth-order valence-electron chi connectivity index (χ4n) is 5.80. The smallest absolute Gasteiger partial charge is 0.242 e. The maximum Gasteiger partial charge on any atom is 0.242 e. The molecular formula is C29H43F2N5O2. The number of anilines is 1. The van der Waals surface area contributed by atoms with Crippen LogP contribution in [-0.2, 0) is 23.2 Å². The standard InChI is InChI=1S/C29H43F2N5O2/c1-4-8-25(34-22-10-9-20-13-21(30)14-24(31)23(20)15-22)27(37)35-26-16-36(19-33-26)28(2,3)17-32-18-29(38)11-6-5-7-12-29/h13-14,16,19,22,25,32,34,38H,4-12,15,17-18H2,1-3H3,(H,35,37)/t22-,25-/m0/s1. The minimum absolute atomic E-state index is 0.0636. The van der Waals surface area contributed by atoms with Gasteiger partial charge < -0.3 is 25.6 Å². The number of hydrogen-bond donors (Lipinski definition) is 4. The number of halogens is 2. The van der Waals surface area contributed by atoms with Crippen molar-refractivity contribution in [3.8, 4) is 0 Å². The van der Waals surface area contributed by atoms with Crippen LogP contribution in [0.2, 0.25) is 0 Å². The molecule has 2 aliphatic rings. The Morgan fingerprint density at radius 1 is 1.26 bits per heavy atom. The summed E-state index contributed by atoms with van der Waals surface area (Å²) in [7, 11) is 0.